The van der Waals surface area contributed by atoms with E-state index in [1.165, 1.54) is 43.2 Å². The minimum atomic E-state index is 0.337. The molecule has 0 unspecified atom stereocenters. The maximum atomic E-state index is 13.0. The Bertz CT molecular complexity index is 509. The number of hydrogen-bond donors (Lipinski definition) is 0. The van der Waals surface area contributed by atoms with E-state index in [0.29, 0.717) is 23.5 Å². The van der Waals surface area contributed by atoms with Crippen LogP contribution in [0.25, 0.3) is 0 Å². The van der Waals surface area contributed by atoms with E-state index in [1.54, 1.807) is 0 Å². The second kappa shape index (κ2) is 4.44. The third-order valence-electron chi connectivity index (χ3n) is 6.04. The van der Waals surface area contributed by atoms with Gasteiger partial charge in [-0.15, -0.1) is 0 Å². The van der Waals surface area contributed by atoms with E-state index < -0.39 is 0 Å². The third-order valence-corrected chi connectivity index (χ3v) is 6.04. The van der Waals surface area contributed by atoms with Gasteiger partial charge < -0.3 is 0 Å². The molecule has 0 heterocycles. The van der Waals surface area contributed by atoms with Crippen molar-refractivity contribution in [3.63, 3.8) is 0 Å². The fraction of sp³-hybridized carbons (Fsp3) is 0.632. The standard InChI is InChI=1S/C19H24O/c1-11-3-12(2)5-17(4-11)19(20)18-15-7-13-6-14(9-15)10-16(18)8-13/h3-5,13-16,18H,6-10H2,1-2H3. The molecule has 0 radical (unpaired) electrons. The third kappa shape index (κ3) is 1.94. The molecule has 4 fully saturated rings. The number of carbonyl (C=O) groups is 1. The van der Waals surface area contributed by atoms with Crippen molar-refractivity contribution in [1.82, 2.24) is 0 Å². The van der Waals surface area contributed by atoms with Crippen molar-refractivity contribution in [1.29, 1.82) is 0 Å². The van der Waals surface area contributed by atoms with Gasteiger partial charge >= 0.3 is 0 Å². The zero-order valence-electron chi connectivity index (χ0n) is 12.6. The lowest BCUT2D eigenvalue weighted by Gasteiger charge is -2.53. The van der Waals surface area contributed by atoms with E-state index in [2.05, 4.69) is 32.0 Å². The highest BCUT2D eigenvalue weighted by Crippen LogP contribution is 2.57. The molecule has 0 aromatic heterocycles. The maximum Gasteiger partial charge on any atom is 0.166 e. The Morgan fingerprint density at radius 3 is 1.85 bits per heavy atom. The van der Waals surface area contributed by atoms with Gasteiger partial charge in [-0.2, -0.15) is 0 Å². The van der Waals surface area contributed by atoms with Crippen LogP contribution in [-0.4, -0.2) is 5.78 Å². The molecule has 4 saturated carbocycles. The molecule has 0 N–H and O–H groups in total. The van der Waals surface area contributed by atoms with Crippen LogP contribution in [0.4, 0.5) is 0 Å². The number of hydrogen-bond acceptors (Lipinski definition) is 1. The number of Topliss-reactive ketones (excluding diaryl/α,β-unsaturated/α-hetero) is 1. The smallest absolute Gasteiger partial charge is 0.166 e. The van der Waals surface area contributed by atoms with Crippen molar-refractivity contribution in [2.45, 2.75) is 46.0 Å². The molecule has 106 valence electrons. The van der Waals surface area contributed by atoms with Crippen molar-refractivity contribution in [2.24, 2.45) is 29.6 Å². The van der Waals surface area contributed by atoms with Crippen molar-refractivity contribution in [3.05, 3.63) is 34.9 Å². The van der Waals surface area contributed by atoms with Crippen LogP contribution in [0.15, 0.2) is 18.2 Å². The Morgan fingerprint density at radius 1 is 0.850 bits per heavy atom. The van der Waals surface area contributed by atoms with Gasteiger partial charge in [0.1, 0.15) is 0 Å². The van der Waals surface area contributed by atoms with Gasteiger partial charge in [-0.3, -0.25) is 4.79 Å². The molecule has 0 amide bonds. The zero-order valence-corrected chi connectivity index (χ0v) is 12.6. The summed E-state index contributed by atoms with van der Waals surface area (Å²) >= 11 is 0. The molecule has 0 spiro atoms. The normalized spacial score (nSPS) is 38.2. The van der Waals surface area contributed by atoms with Crippen LogP contribution in [-0.2, 0) is 0 Å². The fourth-order valence-corrected chi connectivity index (χ4v) is 5.66. The summed E-state index contributed by atoms with van der Waals surface area (Å²) in [5.74, 6) is 4.07. The van der Waals surface area contributed by atoms with E-state index >= 15 is 0 Å². The zero-order chi connectivity index (χ0) is 13.9. The highest BCUT2D eigenvalue weighted by Gasteiger charge is 2.50. The van der Waals surface area contributed by atoms with Crippen LogP contribution in [0.5, 0.6) is 0 Å². The van der Waals surface area contributed by atoms with Crippen LogP contribution in [0, 0.1) is 43.4 Å². The van der Waals surface area contributed by atoms with Crippen LogP contribution >= 0.6 is 0 Å². The van der Waals surface area contributed by atoms with Gasteiger partial charge in [0.15, 0.2) is 5.78 Å². The summed E-state index contributed by atoms with van der Waals surface area (Å²) in [6.07, 6.45) is 6.77. The number of rotatable bonds is 2. The molecule has 0 aliphatic heterocycles. The van der Waals surface area contributed by atoms with E-state index in [-0.39, 0.29) is 0 Å². The molecule has 4 aliphatic rings. The average Bonchev–Trinajstić information content (AvgIpc) is 2.35. The molecule has 1 aromatic carbocycles. The molecule has 1 heteroatoms. The first-order chi connectivity index (χ1) is 9.60. The summed E-state index contributed by atoms with van der Waals surface area (Å²) in [6, 6.07) is 6.36. The van der Waals surface area contributed by atoms with Crippen molar-refractivity contribution < 1.29 is 4.79 Å². The van der Waals surface area contributed by atoms with Gasteiger partial charge in [-0.1, -0.05) is 17.2 Å². The van der Waals surface area contributed by atoms with Gasteiger partial charge in [0.05, 0.1) is 0 Å². The number of aryl methyl sites for hydroxylation is 2. The van der Waals surface area contributed by atoms with Crippen molar-refractivity contribution >= 4 is 5.78 Å². The summed E-state index contributed by atoms with van der Waals surface area (Å²) in [7, 11) is 0. The molecule has 1 aromatic rings. The van der Waals surface area contributed by atoms with Gasteiger partial charge in [0.2, 0.25) is 0 Å². The van der Waals surface area contributed by atoms with E-state index in [0.717, 1.165) is 17.4 Å². The van der Waals surface area contributed by atoms with Crippen LogP contribution in [0.2, 0.25) is 0 Å². The summed E-state index contributed by atoms with van der Waals surface area (Å²) < 4.78 is 0. The van der Waals surface area contributed by atoms with Gasteiger partial charge in [0.25, 0.3) is 0 Å². The minimum absolute atomic E-state index is 0.337. The van der Waals surface area contributed by atoms with E-state index in [4.69, 9.17) is 0 Å². The van der Waals surface area contributed by atoms with Crippen molar-refractivity contribution in [2.75, 3.05) is 0 Å². The first kappa shape index (κ1) is 12.6. The quantitative estimate of drug-likeness (QED) is 0.719. The molecular formula is C19H24O. The molecule has 4 aliphatic carbocycles. The molecule has 4 bridgehead atoms. The molecule has 20 heavy (non-hydrogen) atoms. The van der Waals surface area contributed by atoms with Crippen molar-refractivity contribution in [3.8, 4) is 0 Å². The lowest BCUT2D eigenvalue weighted by Crippen LogP contribution is -2.48. The first-order valence-corrected chi connectivity index (χ1v) is 8.22. The number of carbonyl (C=O) groups excluding carboxylic acids is 1. The highest BCUT2D eigenvalue weighted by atomic mass is 16.1. The van der Waals surface area contributed by atoms with E-state index in [1.807, 2.05) is 0 Å². The summed E-state index contributed by atoms with van der Waals surface area (Å²) in [5.41, 5.74) is 3.41. The van der Waals surface area contributed by atoms with Crippen LogP contribution in [0.1, 0.15) is 53.6 Å². The lowest BCUT2D eigenvalue weighted by atomic mass is 9.51. The predicted octanol–water partition coefficient (Wildman–Crippen LogP) is 4.56. The second-order valence-corrected chi connectivity index (χ2v) is 7.70. The number of ketones is 1. The molecule has 0 saturated heterocycles. The SMILES string of the molecule is Cc1cc(C)cc(C(=O)C2C3CC4CC(C3)CC2C4)c1. The Hall–Kier alpha value is -1.11. The monoisotopic (exact) mass is 268 g/mol. The van der Waals surface area contributed by atoms with E-state index in [9.17, 15) is 4.79 Å². The van der Waals surface area contributed by atoms with Gasteiger partial charge in [0, 0.05) is 11.5 Å². The topological polar surface area (TPSA) is 17.1 Å². The van der Waals surface area contributed by atoms with Gasteiger partial charge in [-0.05, 0) is 81.8 Å². The molecular weight excluding hydrogens is 244 g/mol. The number of benzene rings is 1. The maximum absolute atomic E-state index is 13.0. The average molecular weight is 268 g/mol. The van der Waals surface area contributed by atoms with Crippen LogP contribution < -0.4 is 0 Å². The Balaban J connectivity index is 1.65. The summed E-state index contributed by atoms with van der Waals surface area (Å²) in [5, 5.41) is 0. The fourth-order valence-electron chi connectivity index (χ4n) is 5.66. The predicted molar refractivity (Wildman–Crippen MR) is 80.8 cm³/mol. The Morgan fingerprint density at radius 2 is 1.35 bits per heavy atom. The Labute approximate surface area is 121 Å². The molecule has 0 atom stereocenters. The van der Waals surface area contributed by atoms with Gasteiger partial charge in [-0.25, -0.2) is 0 Å². The largest absolute Gasteiger partial charge is 0.294 e. The lowest BCUT2D eigenvalue weighted by molar-refractivity contribution is -0.0251. The molecule has 5 rings (SSSR count). The Kier molecular flexibility index (Phi) is 2.80. The van der Waals surface area contributed by atoms with Crippen LogP contribution in [0.3, 0.4) is 0 Å². The summed E-state index contributed by atoms with van der Waals surface area (Å²) in [4.78, 5) is 13.0. The highest BCUT2D eigenvalue weighted by molar-refractivity contribution is 5.98. The minimum Gasteiger partial charge on any atom is -0.294 e. The summed E-state index contributed by atoms with van der Waals surface area (Å²) in [6.45, 7) is 4.20. The molecule has 1 nitrogen and oxygen atoms in total. The second-order valence-electron chi connectivity index (χ2n) is 7.70. The first-order valence-electron chi connectivity index (χ1n) is 8.22.